The van der Waals surface area contributed by atoms with Gasteiger partial charge in [-0.1, -0.05) is 36.4 Å². The Kier molecular flexibility index (Phi) is 4.13. The Morgan fingerprint density at radius 1 is 0.958 bits per heavy atom. The van der Waals surface area contributed by atoms with Gasteiger partial charge in [0.25, 0.3) is 10.9 Å². The van der Waals surface area contributed by atoms with E-state index in [2.05, 4.69) is 10.6 Å². The molecule has 0 saturated heterocycles. The van der Waals surface area contributed by atoms with Gasteiger partial charge in [0.05, 0.1) is 11.6 Å². The molecule has 3 aromatic rings. The summed E-state index contributed by atoms with van der Waals surface area (Å²) >= 11 is 0. The average Bonchev–Trinajstić information content (AvgIpc) is 2.64. The first kappa shape index (κ1) is 15.5. The highest BCUT2D eigenvalue weighted by Gasteiger charge is 2.22. The van der Waals surface area contributed by atoms with Crippen LogP contribution in [0.4, 0.5) is 17.1 Å². The summed E-state index contributed by atoms with van der Waals surface area (Å²) in [5, 5.41) is 15.0. The molecule has 24 heavy (non-hydrogen) atoms. The zero-order valence-corrected chi connectivity index (χ0v) is 13.0. The Bertz CT molecular complexity index is 980. The maximum absolute atomic E-state index is 11.9. The third-order valence-corrected chi connectivity index (χ3v) is 3.83. The molecule has 0 bridgehead atoms. The molecule has 0 aliphatic carbocycles. The summed E-state index contributed by atoms with van der Waals surface area (Å²) in [5.74, 6) is 0. The molecule has 3 aromatic carbocycles. The van der Waals surface area contributed by atoms with Gasteiger partial charge in [0, 0.05) is 11.7 Å². The molecular formula is C19H15N3O2. The summed E-state index contributed by atoms with van der Waals surface area (Å²) in [6.45, 7) is 1.92. The first-order chi connectivity index (χ1) is 11.6. The zero-order chi connectivity index (χ0) is 17.1. The monoisotopic (exact) mass is 317 g/mol. The van der Waals surface area contributed by atoms with Crippen molar-refractivity contribution >= 4 is 17.1 Å². The van der Waals surface area contributed by atoms with Crippen LogP contribution in [-0.4, -0.2) is 0 Å². The van der Waals surface area contributed by atoms with Crippen molar-refractivity contribution < 1.29 is 0 Å². The number of rotatable bonds is 5. The van der Waals surface area contributed by atoms with Crippen molar-refractivity contribution in [1.82, 2.24) is 0 Å². The number of nitrogens with one attached hydrogen (secondary N) is 2. The SMILES string of the molecule is CC(Nc1c(Nc2cccc(C#N)c2)c(=O)c1=O)c1ccccc1. The van der Waals surface area contributed by atoms with Crippen LogP contribution in [0.5, 0.6) is 0 Å². The maximum atomic E-state index is 11.9. The molecule has 0 spiro atoms. The second-order valence-electron chi connectivity index (χ2n) is 5.50. The van der Waals surface area contributed by atoms with Crippen LogP contribution in [0.1, 0.15) is 24.1 Å². The highest BCUT2D eigenvalue weighted by molar-refractivity contribution is 5.79. The topological polar surface area (TPSA) is 82.0 Å². The summed E-state index contributed by atoms with van der Waals surface area (Å²) in [6.07, 6.45) is 0. The van der Waals surface area contributed by atoms with Gasteiger partial charge in [-0.25, -0.2) is 0 Å². The Morgan fingerprint density at radius 2 is 1.67 bits per heavy atom. The van der Waals surface area contributed by atoms with Crippen molar-refractivity contribution in [3.63, 3.8) is 0 Å². The molecule has 0 amide bonds. The molecule has 0 aromatic heterocycles. The van der Waals surface area contributed by atoms with E-state index in [1.165, 1.54) is 0 Å². The number of nitrogens with zero attached hydrogens (tertiary/aromatic N) is 1. The van der Waals surface area contributed by atoms with Gasteiger partial charge < -0.3 is 10.6 Å². The normalized spacial score (nSPS) is 11.7. The average molecular weight is 317 g/mol. The highest BCUT2D eigenvalue weighted by Crippen LogP contribution is 2.25. The van der Waals surface area contributed by atoms with E-state index in [4.69, 9.17) is 5.26 Å². The van der Waals surface area contributed by atoms with Crippen LogP contribution in [-0.2, 0) is 0 Å². The fraction of sp³-hybridized carbons (Fsp3) is 0.105. The minimum absolute atomic E-state index is 0.111. The fourth-order valence-electron chi connectivity index (χ4n) is 2.50. The molecule has 2 N–H and O–H groups in total. The van der Waals surface area contributed by atoms with E-state index in [9.17, 15) is 9.59 Å². The molecule has 118 valence electrons. The lowest BCUT2D eigenvalue weighted by molar-refractivity contribution is 0.880. The molecule has 5 heteroatoms. The minimum Gasteiger partial charge on any atom is -0.373 e. The number of hydrogen-bond donors (Lipinski definition) is 2. The van der Waals surface area contributed by atoms with Crippen LogP contribution in [0.25, 0.3) is 0 Å². The lowest BCUT2D eigenvalue weighted by atomic mass is 10.1. The van der Waals surface area contributed by atoms with Gasteiger partial charge in [-0.3, -0.25) is 9.59 Å². The molecule has 1 unspecified atom stereocenters. The predicted molar refractivity (Wildman–Crippen MR) is 94.3 cm³/mol. The van der Waals surface area contributed by atoms with E-state index in [1.54, 1.807) is 24.3 Å². The molecule has 0 saturated carbocycles. The number of nitriles is 1. The van der Waals surface area contributed by atoms with Gasteiger partial charge in [0.2, 0.25) is 0 Å². The van der Waals surface area contributed by atoms with Crippen LogP contribution in [0.3, 0.4) is 0 Å². The van der Waals surface area contributed by atoms with Gasteiger partial charge in [0.15, 0.2) is 0 Å². The highest BCUT2D eigenvalue weighted by atomic mass is 16.2. The van der Waals surface area contributed by atoms with Crippen LogP contribution < -0.4 is 21.5 Å². The summed E-state index contributed by atoms with van der Waals surface area (Å²) in [6, 6.07) is 18.3. The first-order valence-electron chi connectivity index (χ1n) is 7.52. The van der Waals surface area contributed by atoms with Crippen LogP contribution in [0.15, 0.2) is 64.2 Å². The van der Waals surface area contributed by atoms with E-state index in [1.807, 2.05) is 43.3 Å². The quantitative estimate of drug-likeness (QED) is 0.707. The third-order valence-electron chi connectivity index (χ3n) is 3.83. The molecule has 0 heterocycles. The lowest BCUT2D eigenvalue weighted by Crippen LogP contribution is -2.37. The standard InChI is InChI=1S/C19H15N3O2/c1-12(14-7-3-2-4-8-14)21-16-17(19(24)18(16)23)22-15-9-5-6-13(10-15)11-20/h2-10,12,21-22H,1H3. The van der Waals surface area contributed by atoms with E-state index >= 15 is 0 Å². The van der Waals surface area contributed by atoms with Gasteiger partial charge in [0.1, 0.15) is 11.4 Å². The largest absolute Gasteiger partial charge is 0.373 e. The van der Waals surface area contributed by atoms with Crippen molar-refractivity contribution in [1.29, 1.82) is 5.26 Å². The minimum atomic E-state index is -0.555. The van der Waals surface area contributed by atoms with Crippen LogP contribution in [0, 0.1) is 11.3 Å². The van der Waals surface area contributed by atoms with E-state index in [-0.39, 0.29) is 17.4 Å². The maximum Gasteiger partial charge on any atom is 0.253 e. The Labute approximate surface area is 138 Å². The summed E-state index contributed by atoms with van der Waals surface area (Å²) in [5.41, 5.74) is 1.51. The van der Waals surface area contributed by atoms with Crippen LogP contribution in [0.2, 0.25) is 0 Å². The van der Waals surface area contributed by atoms with Crippen molar-refractivity contribution in [2.45, 2.75) is 13.0 Å². The van der Waals surface area contributed by atoms with Crippen molar-refractivity contribution in [3.05, 3.63) is 86.2 Å². The number of hydrogen-bond acceptors (Lipinski definition) is 5. The zero-order valence-electron chi connectivity index (χ0n) is 13.0. The van der Waals surface area contributed by atoms with Gasteiger partial charge in [-0.15, -0.1) is 0 Å². The molecule has 0 fully saturated rings. The molecular weight excluding hydrogens is 302 g/mol. The van der Waals surface area contributed by atoms with E-state index in [0.29, 0.717) is 11.3 Å². The van der Waals surface area contributed by atoms with E-state index < -0.39 is 10.9 Å². The first-order valence-corrected chi connectivity index (χ1v) is 7.52. The molecule has 1 atom stereocenters. The van der Waals surface area contributed by atoms with Gasteiger partial charge in [-0.2, -0.15) is 5.26 Å². The van der Waals surface area contributed by atoms with E-state index in [0.717, 1.165) is 5.56 Å². The van der Waals surface area contributed by atoms with Gasteiger partial charge in [-0.05, 0) is 30.7 Å². The Balaban J connectivity index is 1.84. The van der Waals surface area contributed by atoms with Crippen molar-refractivity contribution in [3.8, 4) is 6.07 Å². The molecule has 5 nitrogen and oxygen atoms in total. The van der Waals surface area contributed by atoms with Crippen molar-refractivity contribution in [2.24, 2.45) is 0 Å². The van der Waals surface area contributed by atoms with Crippen molar-refractivity contribution in [2.75, 3.05) is 10.6 Å². The molecule has 3 rings (SSSR count). The fourth-order valence-corrected chi connectivity index (χ4v) is 2.50. The second kappa shape index (κ2) is 6.39. The molecule has 0 aliphatic rings. The lowest BCUT2D eigenvalue weighted by Gasteiger charge is -2.20. The Morgan fingerprint density at radius 3 is 2.38 bits per heavy atom. The third kappa shape index (κ3) is 2.90. The summed E-state index contributed by atoms with van der Waals surface area (Å²) in [4.78, 5) is 23.8. The predicted octanol–water partition coefficient (Wildman–Crippen LogP) is 3.07. The smallest absolute Gasteiger partial charge is 0.253 e. The Hall–Kier alpha value is -3.39. The number of benzene rings is 2. The van der Waals surface area contributed by atoms with Crippen LogP contribution >= 0.6 is 0 Å². The second-order valence-corrected chi connectivity index (χ2v) is 5.50. The summed E-state index contributed by atoms with van der Waals surface area (Å²) < 4.78 is 0. The van der Waals surface area contributed by atoms with Gasteiger partial charge >= 0.3 is 0 Å². The number of anilines is 3. The summed E-state index contributed by atoms with van der Waals surface area (Å²) in [7, 11) is 0. The molecule has 0 aliphatic heterocycles. The molecule has 0 radical (unpaired) electrons.